The Morgan fingerprint density at radius 2 is 1.81 bits per heavy atom. The lowest BCUT2D eigenvalue weighted by Gasteiger charge is -2.18. The number of aromatic nitrogens is 3. The van der Waals surface area contributed by atoms with Crippen LogP contribution in [0.3, 0.4) is 0 Å². The normalized spacial score (nSPS) is 15.4. The SMILES string of the molecule is COc1cc(OC)c(C(C)C)cc1-c1nnc2n1-c1ccc(CNC(=O)C3CCCC3)cc1CCC2. The molecule has 5 rings (SSSR count). The van der Waals surface area contributed by atoms with E-state index in [2.05, 4.69) is 58.2 Å². The summed E-state index contributed by atoms with van der Waals surface area (Å²) in [6.45, 7) is 4.87. The van der Waals surface area contributed by atoms with Crippen molar-refractivity contribution in [3.63, 3.8) is 0 Å². The summed E-state index contributed by atoms with van der Waals surface area (Å²) in [7, 11) is 3.36. The predicted octanol–water partition coefficient (Wildman–Crippen LogP) is 5.37. The molecular formula is C29H36N4O3. The number of hydrogen-bond acceptors (Lipinski definition) is 5. The number of carbonyl (C=O) groups excluding carboxylic acids is 1. The van der Waals surface area contributed by atoms with Crippen molar-refractivity contribution in [2.45, 2.75) is 71.3 Å². The molecule has 0 saturated heterocycles. The summed E-state index contributed by atoms with van der Waals surface area (Å²) in [6.07, 6.45) is 7.17. The molecule has 0 unspecified atom stereocenters. The summed E-state index contributed by atoms with van der Waals surface area (Å²) in [6, 6.07) is 10.6. The lowest BCUT2D eigenvalue weighted by molar-refractivity contribution is -0.124. The summed E-state index contributed by atoms with van der Waals surface area (Å²) in [5.41, 5.74) is 5.48. The number of carbonyl (C=O) groups is 1. The van der Waals surface area contributed by atoms with Crippen molar-refractivity contribution in [1.29, 1.82) is 0 Å². The Kier molecular flexibility index (Phi) is 6.99. The Bertz CT molecular complexity index is 1260. The average molecular weight is 489 g/mol. The zero-order valence-corrected chi connectivity index (χ0v) is 21.8. The van der Waals surface area contributed by atoms with Gasteiger partial charge in [-0.2, -0.15) is 0 Å². The fourth-order valence-electron chi connectivity index (χ4n) is 5.58. The Hall–Kier alpha value is -3.35. The number of ether oxygens (including phenoxy) is 2. The largest absolute Gasteiger partial charge is 0.496 e. The fourth-order valence-corrected chi connectivity index (χ4v) is 5.58. The first kappa shape index (κ1) is 24.3. The number of methoxy groups -OCH3 is 2. The van der Waals surface area contributed by atoms with Gasteiger partial charge in [-0.3, -0.25) is 9.36 Å². The maximum atomic E-state index is 12.5. The minimum absolute atomic E-state index is 0.183. The molecule has 7 heteroatoms. The molecule has 0 atom stereocenters. The zero-order chi connectivity index (χ0) is 25.2. The zero-order valence-electron chi connectivity index (χ0n) is 21.8. The number of benzene rings is 2. The van der Waals surface area contributed by atoms with Gasteiger partial charge in [-0.1, -0.05) is 38.8 Å². The van der Waals surface area contributed by atoms with Crippen molar-refractivity contribution < 1.29 is 14.3 Å². The third-order valence-electron chi connectivity index (χ3n) is 7.57. The third kappa shape index (κ3) is 4.59. The van der Waals surface area contributed by atoms with Gasteiger partial charge in [0.2, 0.25) is 5.91 Å². The van der Waals surface area contributed by atoms with Gasteiger partial charge < -0.3 is 14.8 Å². The van der Waals surface area contributed by atoms with Gasteiger partial charge in [-0.15, -0.1) is 10.2 Å². The van der Waals surface area contributed by atoms with Crippen LogP contribution in [0.4, 0.5) is 0 Å². The fraction of sp³-hybridized carbons (Fsp3) is 0.483. The summed E-state index contributed by atoms with van der Waals surface area (Å²) < 4.78 is 13.6. The van der Waals surface area contributed by atoms with E-state index in [1.807, 2.05) is 6.07 Å². The monoisotopic (exact) mass is 488 g/mol. The first-order chi connectivity index (χ1) is 17.5. The molecule has 1 aliphatic heterocycles. The summed E-state index contributed by atoms with van der Waals surface area (Å²) in [4.78, 5) is 12.5. The van der Waals surface area contributed by atoms with Crippen molar-refractivity contribution in [3.8, 4) is 28.6 Å². The van der Waals surface area contributed by atoms with Crippen molar-refractivity contribution in [1.82, 2.24) is 20.1 Å². The van der Waals surface area contributed by atoms with Crippen LogP contribution >= 0.6 is 0 Å². The molecule has 1 N–H and O–H groups in total. The van der Waals surface area contributed by atoms with Crippen molar-refractivity contribution in [2.24, 2.45) is 5.92 Å². The van der Waals surface area contributed by atoms with E-state index in [1.165, 1.54) is 5.56 Å². The number of fused-ring (bicyclic) bond motifs is 3. The number of nitrogens with one attached hydrogen (secondary N) is 1. The van der Waals surface area contributed by atoms with E-state index in [-0.39, 0.29) is 17.7 Å². The molecule has 2 aromatic carbocycles. The van der Waals surface area contributed by atoms with Crippen LogP contribution in [-0.2, 0) is 24.2 Å². The van der Waals surface area contributed by atoms with Crippen LogP contribution in [-0.4, -0.2) is 34.9 Å². The molecule has 2 heterocycles. The van der Waals surface area contributed by atoms with Crippen LogP contribution in [0.2, 0.25) is 0 Å². The molecule has 0 spiro atoms. The van der Waals surface area contributed by atoms with Crippen molar-refractivity contribution in [2.75, 3.05) is 14.2 Å². The van der Waals surface area contributed by atoms with E-state index in [0.717, 1.165) is 84.7 Å². The second kappa shape index (κ2) is 10.3. The lowest BCUT2D eigenvalue weighted by Crippen LogP contribution is -2.28. The topological polar surface area (TPSA) is 78.3 Å². The second-order valence-corrected chi connectivity index (χ2v) is 10.2. The molecule has 36 heavy (non-hydrogen) atoms. The number of rotatable bonds is 7. The molecule has 0 bridgehead atoms. The molecular weight excluding hydrogens is 452 g/mol. The highest BCUT2D eigenvalue weighted by Crippen LogP contribution is 2.40. The minimum Gasteiger partial charge on any atom is -0.496 e. The van der Waals surface area contributed by atoms with E-state index in [9.17, 15) is 4.79 Å². The van der Waals surface area contributed by atoms with Crippen molar-refractivity contribution in [3.05, 3.63) is 52.8 Å². The molecule has 1 aliphatic carbocycles. The first-order valence-electron chi connectivity index (χ1n) is 13.1. The quantitative estimate of drug-likeness (QED) is 0.484. The molecule has 2 aliphatic rings. The molecule has 3 aromatic rings. The Morgan fingerprint density at radius 1 is 1.03 bits per heavy atom. The van der Waals surface area contributed by atoms with Crippen LogP contribution in [0, 0.1) is 5.92 Å². The molecule has 190 valence electrons. The standard InChI is InChI=1S/C29H36N4O3/c1-18(2)22-15-23(26(36-4)16-25(22)35-3)28-32-31-27-11-7-10-21-14-19(12-13-24(21)33(27)28)17-30-29(34)20-8-5-6-9-20/h12-16,18,20H,5-11,17H2,1-4H3,(H,30,34). The highest BCUT2D eigenvalue weighted by Gasteiger charge is 2.25. The number of aryl methyl sites for hydroxylation is 2. The van der Waals surface area contributed by atoms with Gasteiger partial charge in [0.05, 0.1) is 25.5 Å². The van der Waals surface area contributed by atoms with E-state index in [1.54, 1.807) is 14.2 Å². The van der Waals surface area contributed by atoms with Gasteiger partial charge in [0.25, 0.3) is 0 Å². The molecule has 1 amide bonds. The Morgan fingerprint density at radius 3 is 2.53 bits per heavy atom. The number of amides is 1. The van der Waals surface area contributed by atoms with E-state index in [4.69, 9.17) is 9.47 Å². The van der Waals surface area contributed by atoms with Crippen LogP contribution in [0.5, 0.6) is 11.5 Å². The molecule has 7 nitrogen and oxygen atoms in total. The van der Waals surface area contributed by atoms with E-state index >= 15 is 0 Å². The van der Waals surface area contributed by atoms with Crippen LogP contribution in [0.25, 0.3) is 17.1 Å². The van der Waals surface area contributed by atoms with Crippen LogP contribution < -0.4 is 14.8 Å². The molecule has 0 radical (unpaired) electrons. The van der Waals surface area contributed by atoms with Gasteiger partial charge in [0, 0.05) is 24.9 Å². The van der Waals surface area contributed by atoms with Gasteiger partial charge in [-0.25, -0.2) is 0 Å². The van der Waals surface area contributed by atoms with E-state index < -0.39 is 0 Å². The number of nitrogens with zero attached hydrogens (tertiary/aromatic N) is 3. The summed E-state index contributed by atoms with van der Waals surface area (Å²) in [5, 5.41) is 12.4. The average Bonchev–Trinajstić information content (AvgIpc) is 3.54. The molecule has 1 saturated carbocycles. The maximum Gasteiger partial charge on any atom is 0.223 e. The third-order valence-corrected chi connectivity index (χ3v) is 7.57. The first-order valence-corrected chi connectivity index (χ1v) is 13.1. The Labute approximate surface area is 213 Å². The highest BCUT2D eigenvalue weighted by atomic mass is 16.5. The Balaban J connectivity index is 1.51. The van der Waals surface area contributed by atoms with Crippen LogP contribution in [0.15, 0.2) is 30.3 Å². The molecule has 1 aromatic heterocycles. The van der Waals surface area contributed by atoms with E-state index in [0.29, 0.717) is 12.3 Å². The summed E-state index contributed by atoms with van der Waals surface area (Å²) in [5.74, 6) is 3.91. The predicted molar refractivity (Wildman–Crippen MR) is 140 cm³/mol. The lowest BCUT2D eigenvalue weighted by atomic mass is 9.98. The minimum atomic E-state index is 0.183. The second-order valence-electron chi connectivity index (χ2n) is 10.2. The van der Waals surface area contributed by atoms with Crippen molar-refractivity contribution >= 4 is 5.91 Å². The van der Waals surface area contributed by atoms with Gasteiger partial charge in [0.15, 0.2) is 5.82 Å². The number of hydrogen-bond donors (Lipinski definition) is 1. The smallest absolute Gasteiger partial charge is 0.223 e. The highest BCUT2D eigenvalue weighted by molar-refractivity contribution is 5.78. The maximum absolute atomic E-state index is 12.5. The van der Waals surface area contributed by atoms with Gasteiger partial charge in [0.1, 0.15) is 17.3 Å². The molecule has 1 fully saturated rings. The van der Waals surface area contributed by atoms with Gasteiger partial charge >= 0.3 is 0 Å². The van der Waals surface area contributed by atoms with Crippen LogP contribution in [0.1, 0.15) is 74.4 Å². The van der Waals surface area contributed by atoms with Gasteiger partial charge in [-0.05, 0) is 60.4 Å². The summed E-state index contributed by atoms with van der Waals surface area (Å²) >= 11 is 0.